The van der Waals surface area contributed by atoms with Crippen LogP contribution < -0.4 is 10.6 Å². The number of hydrogen-bond acceptors (Lipinski definition) is 8. The van der Waals surface area contributed by atoms with E-state index in [1.807, 2.05) is 19.4 Å². The van der Waals surface area contributed by atoms with E-state index in [-0.39, 0.29) is 16.2 Å². The summed E-state index contributed by atoms with van der Waals surface area (Å²) in [6, 6.07) is 5.99. The molecule has 1 aromatic carbocycles. The van der Waals surface area contributed by atoms with Crippen LogP contribution in [0.2, 0.25) is 0 Å². The molecule has 0 radical (unpaired) electrons. The zero-order valence-corrected chi connectivity index (χ0v) is 21.6. The molecule has 184 valence electrons. The van der Waals surface area contributed by atoms with E-state index in [4.69, 9.17) is 14.8 Å². The first kappa shape index (κ1) is 27.2. The molecule has 0 aromatic heterocycles. The predicted molar refractivity (Wildman–Crippen MR) is 133 cm³/mol. The summed E-state index contributed by atoms with van der Waals surface area (Å²) in [4.78, 5) is 9.25. The van der Waals surface area contributed by atoms with Crippen LogP contribution in [-0.2, 0) is 10.1 Å². The van der Waals surface area contributed by atoms with Crippen molar-refractivity contribution >= 4 is 22.5 Å². The molecule has 2 aliphatic rings. The van der Waals surface area contributed by atoms with E-state index in [9.17, 15) is 8.42 Å². The second-order valence-electron chi connectivity index (χ2n) is 9.42. The van der Waals surface area contributed by atoms with Crippen molar-refractivity contribution in [3.63, 3.8) is 0 Å². The first-order valence-electron chi connectivity index (χ1n) is 11.3. The maximum atomic E-state index is 10.5. The molecule has 3 rings (SSSR count). The lowest BCUT2D eigenvalue weighted by molar-refractivity contribution is 0.179. The van der Waals surface area contributed by atoms with Crippen molar-refractivity contribution in [1.29, 1.82) is 0 Å². The minimum absolute atomic E-state index is 0.0666. The fourth-order valence-electron chi connectivity index (χ4n) is 4.10. The second-order valence-corrected chi connectivity index (χ2v) is 10.8. The van der Waals surface area contributed by atoms with Crippen molar-refractivity contribution in [3.8, 4) is 0 Å². The SMILES string of the molecule is CCC1(C(C)(C)N=NC(C)(C)C2(CC)N=CCN2)N=CCN1.Cc1ccc(S(=O)(=O)O)cc1. The third-order valence-corrected chi connectivity index (χ3v) is 7.38. The van der Waals surface area contributed by atoms with Crippen LogP contribution in [0.4, 0.5) is 0 Å². The van der Waals surface area contributed by atoms with Crippen molar-refractivity contribution in [2.24, 2.45) is 20.2 Å². The lowest BCUT2D eigenvalue weighted by atomic mass is 9.85. The van der Waals surface area contributed by atoms with Gasteiger partial charge in [0.25, 0.3) is 10.1 Å². The molecule has 0 amide bonds. The molecule has 2 unspecified atom stereocenters. The Kier molecular flexibility index (Phi) is 8.32. The highest BCUT2D eigenvalue weighted by molar-refractivity contribution is 7.85. The first-order chi connectivity index (χ1) is 15.2. The van der Waals surface area contributed by atoms with Gasteiger partial charge in [0.15, 0.2) is 0 Å². The molecular weight excluding hydrogens is 440 g/mol. The largest absolute Gasteiger partial charge is 0.294 e. The molecule has 2 aliphatic heterocycles. The number of aliphatic imine (C=N–C) groups is 2. The van der Waals surface area contributed by atoms with Crippen molar-refractivity contribution in [2.45, 2.75) is 88.6 Å². The molecule has 0 saturated carbocycles. The molecular formula is C23H38N6O3S. The van der Waals surface area contributed by atoms with Crippen LogP contribution >= 0.6 is 0 Å². The molecule has 0 fully saturated rings. The lowest BCUT2D eigenvalue weighted by Crippen LogP contribution is -2.57. The van der Waals surface area contributed by atoms with Crippen LogP contribution in [0.5, 0.6) is 0 Å². The highest BCUT2D eigenvalue weighted by Gasteiger charge is 2.48. The van der Waals surface area contributed by atoms with Gasteiger partial charge >= 0.3 is 0 Å². The number of nitrogens with zero attached hydrogens (tertiary/aromatic N) is 4. The zero-order chi connectivity index (χ0) is 25.0. The molecule has 9 nitrogen and oxygen atoms in total. The molecule has 10 heteroatoms. The third-order valence-electron chi connectivity index (χ3n) is 6.51. The van der Waals surface area contributed by atoms with Crippen molar-refractivity contribution < 1.29 is 13.0 Å². The average Bonchev–Trinajstić information content (AvgIpc) is 3.44. The normalized spacial score (nSPS) is 25.5. The lowest BCUT2D eigenvalue weighted by Gasteiger charge is -2.41. The quantitative estimate of drug-likeness (QED) is 0.406. The summed E-state index contributed by atoms with van der Waals surface area (Å²) < 4.78 is 29.6. The van der Waals surface area contributed by atoms with Gasteiger partial charge in [0.2, 0.25) is 0 Å². The van der Waals surface area contributed by atoms with Gasteiger partial charge in [-0.1, -0.05) is 31.5 Å². The number of hydrogen-bond donors (Lipinski definition) is 3. The van der Waals surface area contributed by atoms with E-state index in [2.05, 4.69) is 62.2 Å². The summed E-state index contributed by atoms with van der Waals surface area (Å²) in [6.07, 6.45) is 5.63. The van der Waals surface area contributed by atoms with Crippen LogP contribution in [0.25, 0.3) is 0 Å². The molecule has 1 aromatic rings. The Morgan fingerprint density at radius 2 is 1.30 bits per heavy atom. The van der Waals surface area contributed by atoms with Gasteiger partial charge < -0.3 is 0 Å². The Bertz CT molecular complexity index is 958. The summed E-state index contributed by atoms with van der Waals surface area (Å²) in [5.41, 5.74) is -0.596. The Morgan fingerprint density at radius 3 is 1.58 bits per heavy atom. The summed E-state index contributed by atoms with van der Waals surface area (Å²) >= 11 is 0. The van der Waals surface area contributed by atoms with Crippen LogP contribution in [0, 0.1) is 6.92 Å². The number of nitrogens with one attached hydrogen (secondary N) is 2. The molecule has 2 heterocycles. The number of benzene rings is 1. The number of azo groups is 1. The predicted octanol–water partition coefficient (Wildman–Crippen LogP) is 3.80. The Labute approximate surface area is 198 Å². The van der Waals surface area contributed by atoms with E-state index >= 15 is 0 Å². The monoisotopic (exact) mass is 478 g/mol. The Balaban J connectivity index is 0.000000294. The zero-order valence-electron chi connectivity index (χ0n) is 20.8. The second kappa shape index (κ2) is 10.1. The van der Waals surface area contributed by atoms with Crippen LogP contribution in [0.3, 0.4) is 0 Å². The van der Waals surface area contributed by atoms with E-state index in [1.165, 1.54) is 12.1 Å². The number of aryl methyl sites for hydroxylation is 1. The topological polar surface area (TPSA) is 128 Å². The molecule has 0 spiro atoms. The molecule has 0 bridgehead atoms. The first-order valence-corrected chi connectivity index (χ1v) is 12.7. The van der Waals surface area contributed by atoms with E-state index in [1.54, 1.807) is 12.1 Å². The molecule has 0 aliphatic carbocycles. The van der Waals surface area contributed by atoms with Crippen LogP contribution in [0.15, 0.2) is 49.4 Å². The molecule has 0 saturated heterocycles. The minimum atomic E-state index is -4.02. The number of rotatable bonds is 7. The Hall–Kier alpha value is -2.01. The summed E-state index contributed by atoms with van der Waals surface area (Å²) in [7, 11) is -4.02. The Morgan fingerprint density at radius 1 is 0.909 bits per heavy atom. The smallest absolute Gasteiger partial charge is 0.286 e. The fourth-order valence-corrected chi connectivity index (χ4v) is 4.58. The molecule has 33 heavy (non-hydrogen) atoms. The maximum absolute atomic E-state index is 10.5. The van der Waals surface area contributed by atoms with Crippen LogP contribution in [-0.4, -0.2) is 60.9 Å². The van der Waals surface area contributed by atoms with Gasteiger partial charge in [-0.05, 0) is 59.6 Å². The maximum Gasteiger partial charge on any atom is 0.294 e. The standard InChI is InChI=1S/C16H30N6.C7H8O3S/c1-7-15(17-9-10-18-15)13(3,4)21-22-14(5,6)16(8-2)19-11-12-20-16;1-6-2-4-7(5-3-6)11(8,9)10/h9,11,18,20H,7-8,10,12H2,1-6H3;2-5H,1H3,(H,8,9,10). The van der Waals surface area contributed by atoms with Gasteiger partial charge in [-0.3, -0.25) is 25.2 Å². The van der Waals surface area contributed by atoms with Gasteiger partial charge in [0.1, 0.15) is 22.4 Å². The summed E-state index contributed by atoms with van der Waals surface area (Å²) in [6.45, 7) is 16.1. The van der Waals surface area contributed by atoms with Crippen LogP contribution in [0.1, 0.15) is 59.9 Å². The summed E-state index contributed by atoms with van der Waals surface area (Å²) in [5.74, 6) is 0. The van der Waals surface area contributed by atoms with E-state index in [0.29, 0.717) is 0 Å². The molecule has 2 atom stereocenters. The van der Waals surface area contributed by atoms with Gasteiger partial charge in [-0.25, -0.2) is 0 Å². The van der Waals surface area contributed by atoms with Gasteiger partial charge in [0, 0.05) is 25.5 Å². The van der Waals surface area contributed by atoms with E-state index < -0.39 is 21.2 Å². The third kappa shape index (κ3) is 5.92. The van der Waals surface area contributed by atoms with Crippen molar-refractivity contribution in [1.82, 2.24) is 10.6 Å². The highest BCUT2D eigenvalue weighted by Crippen LogP contribution is 2.37. The van der Waals surface area contributed by atoms with Gasteiger partial charge in [0.05, 0.1) is 4.90 Å². The fraction of sp³-hybridized carbons (Fsp3) is 0.652. The average molecular weight is 479 g/mol. The van der Waals surface area contributed by atoms with E-state index in [0.717, 1.165) is 31.5 Å². The van der Waals surface area contributed by atoms with Gasteiger partial charge in [-0.15, -0.1) is 0 Å². The van der Waals surface area contributed by atoms with Gasteiger partial charge in [-0.2, -0.15) is 18.6 Å². The minimum Gasteiger partial charge on any atom is -0.286 e. The van der Waals surface area contributed by atoms with Crippen molar-refractivity contribution in [3.05, 3.63) is 29.8 Å². The molecule has 3 N–H and O–H groups in total. The van der Waals surface area contributed by atoms with Crippen molar-refractivity contribution in [2.75, 3.05) is 13.1 Å². The highest BCUT2D eigenvalue weighted by atomic mass is 32.2. The summed E-state index contributed by atoms with van der Waals surface area (Å²) in [5, 5.41) is 16.4.